The van der Waals surface area contributed by atoms with Crippen LogP contribution < -0.4 is 0 Å². The van der Waals surface area contributed by atoms with Crippen molar-refractivity contribution in [3.8, 4) is 0 Å². The summed E-state index contributed by atoms with van der Waals surface area (Å²) in [6.45, 7) is 5.35. The number of sulfonamides is 2. The number of rotatable bonds is 11. The van der Waals surface area contributed by atoms with Crippen molar-refractivity contribution in [2.45, 2.75) is 11.0 Å². The zero-order chi connectivity index (χ0) is 23.6. The highest BCUT2D eigenvalue weighted by Gasteiger charge is 2.46. The Morgan fingerprint density at radius 3 is 1.10 bits per heavy atom. The van der Waals surface area contributed by atoms with Crippen LogP contribution in [0.3, 0.4) is 0 Å². The number of hydrogen-bond donors (Lipinski definition) is 0. The molecular formula is C12H24F6N2O7S2. The quantitative estimate of drug-likeness (QED) is 0.321. The third-order valence-electron chi connectivity index (χ3n) is 3.29. The first-order chi connectivity index (χ1) is 12.9. The number of hydrogen-bond acceptors (Lipinski definition) is 7. The second-order valence-electron chi connectivity index (χ2n) is 5.68. The van der Waals surface area contributed by atoms with Gasteiger partial charge in [-0.05, 0) is 0 Å². The predicted octanol–water partition coefficient (Wildman–Crippen LogP) is 1.43. The van der Waals surface area contributed by atoms with Crippen LogP contribution in [0.25, 0.3) is 4.13 Å². The Morgan fingerprint density at radius 1 is 0.690 bits per heavy atom. The summed E-state index contributed by atoms with van der Waals surface area (Å²) in [6, 6.07) is 0. The molecule has 0 aliphatic heterocycles. The fourth-order valence-electron chi connectivity index (χ4n) is 1.48. The zero-order valence-electron chi connectivity index (χ0n) is 16.1. The van der Waals surface area contributed by atoms with E-state index in [0.29, 0.717) is 0 Å². The summed E-state index contributed by atoms with van der Waals surface area (Å²) in [5.41, 5.74) is -12.4. The van der Waals surface area contributed by atoms with E-state index in [9.17, 15) is 43.2 Å². The van der Waals surface area contributed by atoms with Crippen molar-refractivity contribution < 1.29 is 61.9 Å². The minimum atomic E-state index is -6.72. The standard InChI is InChI=1S/C10H24NO3.C2F6NO4S2/c1-11(5-8-12-2,6-9-13-3)7-10-14-4;3-1(4,5)14(10,11)9-15(12,13)2(6,7)8/h5-10H2,1-4H3;/q+1;-1. The van der Waals surface area contributed by atoms with Gasteiger partial charge in [-0.3, -0.25) is 0 Å². The van der Waals surface area contributed by atoms with Gasteiger partial charge < -0.3 is 22.8 Å². The monoisotopic (exact) mass is 486 g/mol. The maximum absolute atomic E-state index is 11.4. The van der Waals surface area contributed by atoms with Gasteiger partial charge in [-0.15, -0.1) is 0 Å². The van der Waals surface area contributed by atoms with Gasteiger partial charge in [0.1, 0.15) is 19.6 Å². The summed E-state index contributed by atoms with van der Waals surface area (Å²) >= 11 is 0. The number of halogens is 6. The highest BCUT2D eigenvalue weighted by atomic mass is 32.3. The number of alkyl halides is 6. The molecule has 0 aromatic heterocycles. The van der Waals surface area contributed by atoms with Gasteiger partial charge in [-0.1, -0.05) is 0 Å². The van der Waals surface area contributed by atoms with Crippen molar-refractivity contribution >= 4 is 20.0 Å². The molecule has 0 N–H and O–H groups in total. The van der Waals surface area contributed by atoms with Crippen molar-refractivity contribution in [1.29, 1.82) is 0 Å². The first kappa shape index (κ1) is 30.5. The normalized spacial score (nSPS) is 13.7. The van der Waals surface area contributed by atoms with Gasteiger partial charge in [-0.25, -0.2) is 16.8 Å². The molecule has 0 aliphatic carbocycles. The van der Waals surface area contributed by atoms with E-state index in [1.54, 1.807) is 21.3 Å². The van der Waals surface area contributed by atoms with Gasteiger partial charge in [0, 0.05) is 21.3 Å². The second kappa shape index (κ2) is 12.2. The minimum Gasteiger partial charge on any atom is -0.421 e. The highest BCUT2D eigenvalue weighted by molar-refractivity contribution is 8.13. The van der Waals surface area contributed by atoms with Gasteiger partial charge in [0.15, 0.2) is 20.0 Å². The second-order valence-corrected chi connectivity index (χ2v) is 9.11. The Bertz CT molecular complexity index is 601. The zero-order valence-corrected chi connectivity index (χ0v) is 17.7. The molecule has 0 aromatic carbocycles. The van der Waals surface area contributed by atoms with Crippen LogP contribution in [0.4, 0.5) is 26.3 Å². The van der Waals surface area contributed by atoms with Crippen LogP contribution in [-0.2, 0) is 34.3 Å². The van der Waals surface area contributed by atoms with Crippen LogP contribution in [0.5, 0.6) is 0 Å². The molecule has 0 saturated heterocycles. The number of quaternary nitrogens is 1. The topological polar surface area (TPSA) is 110 Å². The van der Waals surface area contributed by atoms with Crippen LogP contribution in [0.2, 0.25) is 0 Å². The average molecular weight is 486 g/mol. The lowest BCUT2D eigenvalue weighted by atomic mass is 10.3. The number of nitrogens with zero attached hydrogens (tertiary/aromatic N) is 2. The molecule has 29 heavy (non-hydrogen) atoms. The molecule has 0 bridgehead atoms. The van der Waals surface area contributed by atoms with Gasteiger partial charge in [-0.2, -0.15) is 26.3 Å². The maximum Gasteiger partial charge on any atom is 0.480 e. The van der Waals surface area contributed by atoms with Gasteiger partial charge in [0.2, 0.25) is 0 Å². The molecule has 0 spiro atoms. The molecule has 0 radical (unpaired) electrons. The van der Waals surface area contributed by atoms with Crippen LogP contribution in [-0.4, -0.2) is 100 Å². The Labute approximate surface area is 165 Å². The molecule has 0 fully saturated rings. The summed E-state index contributed by atoms with van der Waals surface area (Å²) in [5, 5.41) is 0. The molecule has 0 aromatic rings. The van der Waals surface area contributed by atoms with Crippen molar-refractivity contribution in [1.82, 2.24) is 0 Å². The summed E-state index contributed by atoms with van der Waals surface area (Å²) < 4.78 is 125. The minimum absolute atomic E-state index is 0.778. The molecule has 17 heteroatoms. The molecule has 0 unspecified atom stereocenters. The van der Waals surface area contributed by atoms with E-state index in [2.05, 4.69) is 7.05 Å². The van der Waals surface area contributed by atoms with Gasteiger partial charge in [0.05, 0.1) is 26.9 Å². The lowest BCUT2D eigenvalue weighted by molar-refractivity contribution is -0.910. The first-order valence-electron chi connectivity index (χ1n) is 7.56. The predicted molar refractivity (Wildman–Crippen MR) is 89.7 cm³/mol. The first-order valence-corrected chi connectivity index (χ1v) is 10.4. The maximum atomic E-state index is 11.4. The van der Waals surface area contributed by atoms with E-state index >= 15 is 0 Å². The molecule has 9 nitrogen and oxygen atoms in total. The Balaban J connectivity index is 0. The summed E-state index contributed by atoms with van der Waals surface area (Å²) in [4.78, 5) is 0. The SMILES string of the molecule is COCC[N+](C)(CCOC)CCOC.O=S(=O)([N-]S(=O)(=O)C(F)(F)F)C(F)(F)F. The third kappa shape index (κ3) is 11.9. The van der Waals surface area contributed by atoms with Crippen LogP contribution in [0.1, 0.15) is 0 Å². The van der Waals surface area contributed by atoms with Gasteiger partial charge >= 0.3 is 11.0 Å². The lowest BCUT2D eigenvalue weighted by Crippen LogP contribution is -2.50. The Kier molecular flexibility index (Phi) is 12.8. The van der Waals surface area contributed by atoms with Crippen LogP contribution >= 0.6 is 0 Å². The molecule has 178 valence electrons. The van der Waals surface area contributed by atoms with E-state index in [4.69, 9.17) is 14.2 Å². The van der Waals surface area contributed by atoms with Crippen LogP contribution in [0.15, 0.2) is 0 Å². The third-order valence-corrected chi connectivity index (χ3v) is 6.03. The van der Waals surface area contributed by atoms with E-state index in [-0.39, 0.29) is 0 Å². The van der Waals surface area contributed by atoms with Crippen molar-refractivity contribution in [3.05, 3.63) is 4.13 Å². The molecule has 0 heterocycles. The molecule has 0 amide bonds. The molecular weight excluding hydrogens is 462 g/mol. The molecule has 0 aliphatic rings. The smallest absolute Gasteiger partial charge is 0.421 e. The fourth-order valence-corrected chi connectivity index (χ4v) is 3.19. The summed E-state index contributed by atoms with van der Waals surface area (Å²) in [7, 11) is -6.04. The van der Waals surface area contributed by atoms with Crippen molar-refractivity contribution in [2.75, 3.05) is 67.8 Å². The molecule has 0 saturated carbocycles. The van der Waals surface area contributed by atoms with Crippen LogP contribution in [0, 0.1) is 0 Å². The highest BCUT2D eigenvalue weighted by Crippen LogP contribution is 2.36. The Morgan fingerprint density at radius 2 is 0.931 bits per heavy atom. The van der Waals surface area contributed by atoms with E-state index in [0.717, 1.165) is 48.1 Å². The van der Waals surface area contributed by atoms with E-state index in [1.807, 2.05) is 0 Å². The summed E-state index contributed by atoms with van der Waals surface area (Å²) in [5.74, 6) is 0. The largest absolute Gasteiger partial charge is 0.480 e. The number of likely N-dealkylation sites (N-methyl/N-ethyl adjacent to an activating group) is 1. The fraction of sp³-hybridized carbons (Fsp3) is 1.00. The molecule has 0 rings (SSSR count). The Hall–Kier alpha value is -0.720. The van der Waals surface area contributed by atoms with Crippen molar-refractivity contribution in [3.63, 3.8) is 0 Å². The van der Waals surface area contributed by atoms with Crippen molar-refractivity contribution in [2.24, 2.45) is 0 Å². The lowest BCUT2D eigenvalue weighted by Gasteiger charge is -2.33. The average Bonchev–Trinajstić information content (AvgIpc) is 2.54. The van der Waals surface area contributed by atoms with E-state index < -0.39 is 31.1 Å². The van der Waals surface area contributed by atoms with Gasteiger partial charge in [0.25, 0.3) is 0 Å². The summed E-state index contributed by atoms with van der Waals surface area (Å²) in [6.07, 6.45) is 0. The number of methoxy groups -OCH3 is 3. The molecule has 0 atom stereocenters. The van der Waals surface area contributed by atoms with E-state index in [1.165, 1.54) is 0 Å². The number of ether oxygens (including phenoxy) is 3.